The fourth-order valence-electron chi connectivity index (χ4n) is 6.23. The Bertz CT molecular complexity index is 2150. The highest BCUT2D eigenvalue weighted by Crippen LogP contribution is 2.34. The number of benzene rings is 1. The highest BCUT2D eigenvalue weighted by atomic mass is 32.1. The molecular formula is C34H30B3F3N8O2S. The summed E-state index contributed by atoms with van der Waals surface area (Å²) in [6.45, 7) is 4.46. The SMILES string of the molecule is [B]C([B])=C([B])C(=O)Nc1ccc(C(O)Cn2c(C#N)cc3c(C)c(CN4CCC(Nc5ncnc6sc(CC(F)(F)F)cc56)CC4)ccc32)cn1. The zero-order chi connectivity index (χ0) is 36.4. The molecule has 1 saturated heterocycles. The minimum absolute atomic E-state index is 0.103. The van der Waals surface area contributed by atoms with Gasteiger partial charge in [0.1, 0.15) is 42.4 Å². The van der Waals surface area contributed by atoms with E-state index in [0.29, 0.717) is 33.8 Å². The molecule has 1 amide bonds. The monoisotopic (exact) mass is 704 g/mol. The number of aliphatic hydroxyl groups is 1. The lowest BCUT2D eigenvalue weighted by Crippen LogP contribution is -2.39. The topological polar surface area (TPSA) is 132 Å². The van der Waals surface area contributed by atoms with Crippen molar-refractivity contribution in [1.82, 2.24) is 24.4 Å². The number of halogens is 3. The van der Waals surface area contributed by atoms with Crippen molar-refractivity contribution in [2.45, 2.75) is 57.6 Å². The number of likely N-dealkylation sites (tertiary alicyclic amines) is 1. The van der Waals surface area contributed by atoms with E-state index in [2.05, 4.69) is 36.6 Å². The number of carbonyl (C=O) groups excluding carboxylic acids is 1. The zero-order valence-corrected chi connectivity index (χ0v) is 28.4. The van der Waals surface area contributed by atoms with E-state index in [1.54, 1.807) is 10.6 Å². The summed E-state index contributed by atoms with van der Waals surface area (Å²) in [4.78, 5) is 27.8. The van der Waals surface area contributed by atoms with Gasteiger partial charge in [0.05, 0.1) is 40.1 Å². The number of aryl methyl sites for hydroxylation is 1. The van der Waals surface area contributed by atoms with Crippen LogP contribution in [0.1, 0.15) is 46.2 Å². The fourth-order valence-corrected chi connectivity index (χ4v) is 7.25. The third-order valence-corrected chi connectivity index (χ3v) is 10.0. The number of hydrogen-bond donors (Lipinski definition) is 3. The summed E-state index contributed by atoms with van der Waals surface area (Å²) < 4.78 is 40.6. The number of aliphatic hydroxyl groups excluding tert-OH is 1. The van der Waals surface area contributed by atoms with E-state index in [4.69, 9.17) is 23.5 Å². The number of nitriles is 1. The lowest BCUT2D eigenvalue weighted by Gasteiger charge is -2.33. The first kappa shape index (κ1) is 36.2. The molecule has 1 unspecified atom stereocenters. The Balaban J connectivity index is 1.09. The highest BCUT2D eigenvalue weighted by Gasteiger charge is 2.29. The van der Waals surface area contributed by atoms with Crippen molar-refractivity contribution in [2.75, 3.05) is 23.7 Å². The van der Waals surface area contributed by atoms with Crippen LogP contribution in [0.25, 0.3) is 21.1 Å². The number of rotatable bonds is 10. The highest BCUT2D eigenvalue weighted by molar-refractivity contribution is 7.18. The van der Waals surface area contributed by atoms with Crippen LogP contribution < -0.4 is 10.6 Å². The summed E-state index contributed by atoms with van der Waals surface area (Å²) in [5.74, 6) is 0.0516. The summed E-state index contributed by atoms with van der Waals surface area (Å²) in [5.41, 5.74) is 3.55. The van der Waals surface area contributed by atoms with Gasteiger partial charge in [0, 0.05) is 53.2 Å². The van der Waals surface area contributed by atoms with Crippen molar-refractivity contribution in [3.05, 3.63) is 87.0 Å². The number of alkyl halides is 3. The van der Waals surface area contributed by atoms with E-state index in [9.17, 15) is 28.3 Å². The molecule has 0 saturated carbocycles. The normalized spacial score (nSPS) is 14.7. The average molecular weight is 704 g/mol. The molecule has 1 fully saturated rings. The predicted molar refractivity (Wildman–Crippen MR) is 193 cm³/mol. The number of pyridine rings is 1. The predicted octanol–water partition coefficient (Wildman–Crippen LogP) is 4.75. The van der Waals surface area contributed by atoms with Crippen LogP contribution in [0.4, 0.5) is 24.8 Å². The van der Waals surface area contributed by atoms with Gasteiger partial charge in [-0.05, 0) is 55.2 Å². The lowest BCUT2D eigenvalue weighted by molar-refractivity contribution is -0.126. The van der Waals surface area contributed by atoms with E-state index in [-0.39, 0.29) is 34.1 Å². The standard InChI is InChI=1S/C34H30B3F3N8O2S/c1-18-20(15-47-8-6-21(7-9-47)45-31-25-11-23(12-34(38,39)40)51-33(25)44-17-43-31)2-4-26-24(18)10-22(13-41)48(26)16-27(49)19-3-5-28(42-14-19)46-32(50)29(35)30(36)37/h2-5,10-11,14,17,21,27,49H,6-9,12,15-16H2,1H3,(H,42,46,50)(H,43,44,45). The number of hydrogen-bond acceptors (Lipinski definition) is 9. The van der Waals surface area contributed by atoms with Gasteiger partial charge >= 0.3 is 6.18 Å². The van der Waals surface area contributed by atoms with Crippen LogP contribution in [-0.4, -0.2) is 84.3 Å². The Morgan fingerprint density at radius 2 is 1.88 bits per heavy atom. The van der Waals surface area contributed by atoms with Crippen LogP contribution in [0.3, 0.4) is 0 Å². The van der Waals surface area contributed by atoms with Gasteiger partial charge in [-0.3, -0.25) is 9.69 Å². The molecule has 5 heterocycles. The second kappa shape index (κ2) is 14.9. The van der Waals surface area contributed by atoms with Gasteiger partial charge in [-0.15, -0.1) is 11.3 Å². The van der Waals surface area contributed by atoms with Gasteiger partial charge in [-0.1, -0.05) is 17.6 Å². The molecule has 10 nitrogen and oxygen atoms in total. The van der Waals surface area contributed by atoms with E-state index >= 15 is 0 Å². The Morgan fingerprint density at radius 3 is 2.55 bits per heavy atom. The number of nitrogens with zero attached hydrogens (tertiary/aromatic N) is 6. The summed E-state index contributed by atoms with van der Waals surface area (Å²) in [7, 11) is 16.3. The quantitative estimate of drug-likeness (QED) is 0.140. The molecule has 1 aliphatic rings. The first-order valence-corrected chi connectivity index (χ1v) is 16.9. The second-order valence-electron chi connectivity index (χ2n) is 12.5. The van der Waals surface area contributed by atoms with Gasteiger partial charge in [0.15, 0.2) is 0 Å². The minimum Gasteiger partial charge on any atom is -0.386 e. The number of aromatic nitrogens is 4. The Labute approximate surface area is 300 Å². The van der Waals surface area contributed by atoms with Crippen LogP contribution in [0, 0.1) is 18.3 Å². The molecule has 0 spiro atoms. The van der Waals surface area contributed by atoms with Gasteiger partial charge < -0.3 is 20.3 Å². The van der Waals surface area contributed by atoms with Gasteiger partial charge in [0.2, 0.25) is 5.91 Å². The molecule has 0 bridgehead atoms. The minimum atomic E-state index is -4.28. The number of anilines is 2. The Hall–Kier alpha value is -4.65. The van der Waals surface area contributed by atoms with Crippen molar-refractivity contribution in [3.8, 4) is 6.07 Å². The number of nitrogens with one attached hydrogen (secondary N) is 2. The molecule has 1 aromatic carbocycles. The third-order valence-electron chi connectivity index (χ3n) is 8.98. The lowest BCUT2D eigenvalue weighted by atomic mass is 9.69. The van der Waals surface area contributed by atoms with Crippen molar-refractivity contribution < 1.29 is 23.1 Å². The summed E-state index contributed by atoms with van der Waals surface area (Å²) >= 11 is 1.04. The molecule has 51 heavy (non-hydrogen) atoms. The van der Waals surface area contributed by atoms with E-state index in [1.807, 2.05) is 25.1 Å². The van der Waals surface area contributed by atoms with Crippen molar-refractivity contribution in [2.24, 2.45) is 0 Å². The largest absolute Gasteiger partial charge is 0.393 e. The maximum Gasteiger partial charge on any atom is 0.393 e. The number of thiophene rings is 1. The average Bonchev–Trinajstić information content (AvgIpc) is 3.67. The fraction of sp³-hybridized carbons (Fsp3) is 0.324. The maximum absolute atomic E-state index is 13.0. The zero-order valence-electron chi connectivity index (χ0n) is 27.5. The molecule has 254 valence electrons. The third kappa shape index (κ3) is 8.30. The maximum atomic E-state index is 13.0. The number of amides is 1. The van der Waals surface area contributed by atoms with Crippen molar-refractivity contribution >= 4 is 73.5 Å². The molecule has 3 N–H and O–H groups in total. The van der Waals surface area contributed by atoms with Gasteiger partial charge in [0.25, 0.3) is 0 Å². The molecule has 17 heteroatoms. The van der Waals surface area contributed by atoms with Crippen LogP contribution >= 0.6 is 11.3 Å². The molecule has 6 radical (unpaired) electrons. The summed E-state index contributed by atoms with van der Waals surface area (Å²) in [6, 6.07) is 12.9. The van der Waals surface area contributed by atoms with E-state index in [0.717, 1.165) is 59.3 Å². The smallest absolute Gasteiger partial charge is 0.386 e. The summed E-state index contributed by atoms with van der Waals surface area (Å²) in [5, 5.41) is 28.2. The number of carbonyl (C=O) groups is 1. The number of fused-ring (bicyclic) bond motifs is 2. The van der Waals surface area contributed by atoms with Crippen LogP contribution in [0.2, 0.25) is 0 Å². The Kier molecular flexibility index (Phi) is 10.6. The van der Waals surface area contributed by atoms with Crippen molar-refractivity contribution in [1.29, 1.82) is 5.26 Å². The number of piperidine rings is 1. The molecular weight excluding hydrogens is 674 g/mol. The molecule has 0 aliphatic carbocycles. The van der Waals surface area contributed by atoms with Gasteiger partial charge in [-0.25, -0.2) is 15.0 Å². The van der Waals surface area contributed by atoms with E-state index in [1.165, 1.54) is 24.7 Å². The second-order valence-corrected chi connectivity index (χ2v) is 13.6. The molecule has 5 aromatic rings. The van der Waals surface area contributed by atoms with Crippen LogP contribution in [0.5, 0.6) is 0 Å². The van der Waals surface area contributed by atoms with Crippen molar-refractivity contribution in [3.63, 3.8) is 0 Å². The first-order chi connectivity index (χ1) is 24.3. The molecule has 4 aromatic heterocycles. The Morgan fingerprint density at radius 1 is 1.12 bits per heavy atom. The van der Waals surface area contributed by atoms with Gasteiger partial charge in [-0.2, -0.15) is 23.8 Å². The molecule has 1 aliphatic heterocycles. The van der Waals surface area contributed by atoms with Crippen LogP contribution in [0.15, 0.2) is 59.8 Å². The first-order valence-electron chi connectivity index (χ1n) is 16.1. The molecule has 1 atom stereocenters. The van der Waals surface area contributed by atoms with E-state index < -0.39 is 24.6 Å². The van der Waals surface area contributed by atoms with Crippen LogP contribution in [-0.2, 0) is 24.3 Å². The molecule has 6 rings (SSSR count). The summed E-state index contributed by atoms with van der Waals surface area (Å²) in [6.07, 6.45) is -1.80.